The number of sulfonamides is 1. The number of nitrogens with zero attached hydrogens (tertiary/aromatic N) is 2. The van der Waals surface area contributed by atoms with E-state index in [1.165, 1.54) is 29.3 Å². The third-order valence-electron chi connectivity index (χ3n) is 4.34. The fourth-order valence-electron chi connectivity index (χ4n) is 2.62. The number of hydrogen-bond acceptors (Lipinski definition) is 6. The van der Waals surface area contributed by atoms with Crippen LogP contribution in [0.4, 0.5) is 11.4 Å². The van der Waals surface area contributed by atoms with Gasteiger partial charge in [-0.25, -0.2) is 8.42 Å². The standard InChI is InChI=1S/C17H27N3O5S/c1-3-19(4-2)26(23,24)15-8-9-16(17(12-15)20(21)22)18-10-5-11-25-13-14-6-7-14/h8-9,12,14,18H,3-7,10-11,13H2,1-2H3. The number of hydrogen-bond donors (Lipinski definition) is 1. The van der Waals surface area contributed by atoms with Crippen molar-refractivity contribution >= 4 is 21.4 Å². The minimum Gasteiger partial charge on any atom is -0.381 e. The zero-order valence-electron chi connectivity index (χ0n) is 15.3. The van der Waals surface area contributed by atoms with Gasteiger partial charge in [0.25, 0.3) is 5.69 Å². The molecule has 0 bridgehead atoms. The molecule has 146 valence electrons. The fraction of sp³-hybridized carbons (Fsp3) is 0.647. The molecule has 8 nitrogen and oxygen atoms in total. The molecule has 0 saturated heterocycles. The van der Waals surface area contributed by atoms with Gasteiger partial charge < -0.3 is 10.1 Å². The molecule has 0 amide bonds. The molecule has 1 aromatic carbocycles. The van der Waals surface area contributed by atoms with Crippen molar-refractivity contribution in [3.8, 4) is 0 Å². The van der Waals surface area contributed by atoms with E-state index in [4.69, 9.17) is 4.74 Å². The van der Waals surface area contributed by atoms with E-state index in [0.717, 1.165) is 19.1 Å². The van der Waals surface area contributed by atoms with E-state index in [1.807, 2.05) is 0 Å². The van der Waals surface area contributed by atoms with E-state index in [1.54, 1.807) is 13.8 Å². The third kappa shape index (κ3) is 5.39. The van der Waals surface area contributed by atoms with E-state index in [0.29, 0.717) is 37.8 Å². The average molecular weight is 385 g/mol. The summed E-state index contributed by atoms with van der Waals surface area (Å²) in [6, 6.07) is 3.99. The highest BCUT2D eigenvalue weighted by Crippen LogP contribution is 2.30. The van der Waals surface area contributed by atoms with Crippen LogP contribution < -0.4 is 5.32 Å². The van der Waals surface area contributed by atoms with Gasteiger partial charge in [0, 0.05) is 38.9 Å². The normalized spacial score (nSPS) is 14.6. The van der Waals surface area contributed by atoms with Crippen LogP contribution in [0.5, 0.6) is 0 Å². The van der Waals surface area contributed by atoms with E-state index in [9.17, 15) is 18.5 Å². The smallest absolute Gasteiger partial charge is 0.293 e. The van der Waals surface area contributed by atoms with Gasteiger partial charge in [-0.3, -0.25) is 10.1 Å². The van der Waals surface area contributed by atoms with Crippen molar-refractivity contribution in [2.75, 3.05) is 38.2 Å². The maximum absolute atomic E-state index is 12.5. The van der Waals surface area contributed by atoms with E-state index in [2.05, 4.69) is 5.32 Å². The van der Waals surface area contributed by atoms with Crippen LogP contribution in [0.2, 0.25) is 0 Å². The molecular formula is C17H27N3O5S. The Labute approximate surface area is 154 Å². The quantitative estimate of drug-likeness (QED) is 0.337. The maximum atomic E-state index is 12.5. The molecule has 1 aromatic rings. The van der Waals surface area contributed by atoms with E-state index in [-0.39, 0.29) is 10.6 Å². The molecule has 0 radical (unpaired) electrons. The molecule has 0 spiro atoms. The molecule has 0 unspecified atom stereocenters. The number of nitro benzene ring substituents is 1. The Bertz CT molecular complexity index is 715. The van der Waals surface area contributed by atoms with Gasteiger partial charge >= 0.3 is 0 Å². The predicted molar refractivity (Wildman–Crippen MR) is 99.9 cm³/mol. The Kier molecular flexibility index (Phi) is 7.36. The molecule has 0 atom stereocenters. The number of ether oxygens (including phenoxy) is 1. The zero-order chi connectivity index (χ0) is 19.2. The minimum atomic E-state index is -3.73. The molecule has 1 aliphatic rings. The van der Waals surface area contributed by atoms with Crippen LogP contribution in [0.3, 0.4) is 0 Å². The van der Waals surface area contributed by atoms with E-state index >= 15 is 0 Å². The van der Waals surface area contributed by atoms with Crippen molar-refractivity contribution in [1.29, 1.82) is 0 Å². The SMILES string of the molecule is CCN(CC)S(=O)(=O)c1ccc(NCCCOCC2CC2)c([N+](=O)[O-])c1. The van der Waals surface area contributed by atoms with Crippen molar-refractivity contribution in [3.05, 3.63) is 28.3 Å². The Morgan fingerprint density at radius 3 is 2.58 bits per heavy atom. The summed E-state index contributed by atoms with van der Waals surface area (Å²) in [6.07, 6.45) is 3.21. The Balaban J connectivity index is 2.02. The van der Waals surface area contributed by atoms with Gasteiger partial charge in [-0.2, -0.15) is 4.31 Å². The topological polar surface area (TPSA) is 102 Å². The maximum Gasteiger partial charge on any atom is 0.293 e. The second-order valence-corrected chi connectivity index (χ2v) is 8.26. The van der Waals surface area contributed by atoms with Crippen LogP contribution >= 0.6 is 0 Å². The van der Waals surface area contributed by atoms with Crippen molar-refractivity contribution in [2.24, 2.45) is 5.92 Å². The van der Waals surface area contributed by atoms with Crippen LogP contribution in [0, 0.1) is 16.0 Å². The number of benzene rings is 1. The summed E-state index contributed by atoms with van der Waals surface area (Å²) >= 11 is 0. The van der Waals surface area contributed by atoms with Gasteiger partial charge in [0.15, 0.2) is 0 Å². The summed E-state index contributed by atoms with van der Waals surface area (Å²) in [4.78, 5) is 10.7. The summed E-state index contributed by atoms with van der Waals surface area (Å²) in [5, 5.41) is 14.4. The molecule has 26 heavy (non-hydrogen) atoms. The molecule has 1 fully saturated rings. The molecule has 1 N–H and O–H groups in total. The second-order valence-electron chi connectivity index (χ2n) is 6.32. The lowest BCUT2D eigenvalue weighted by Crippen LogP contribution is -2.30. The lowest BCUT2D eigenvalue weighted by Gasteiger charge is -2.18. The third-order valence-corrected chi connectivity index (χ3v) is 6.39. The number of nitrogens with one attached hydrogen (secondary N) is 1. The predicted octanol–water partition coefficient (Wildman–Crippen LogP) is 2.85. The lowest BCUT2D eigenvalue weighted by molar-refractivity contribution is -0.384. The largest absolute Gasteiger partial charge is 0.381 e. The summed E-state index contributed by atoms with van der Waals surface area (Å²) < 4.78 is 31.9. The lowest BCUT2D eigenvalue weighted by atomic mass is 10.2. The average Bonchev–Trinajstić information content (AvgIpc) is 3.43. The monoisotopic (exact) mass is 385 g/mol. The highest BCUT2D eigenvalue weighted by Gasteiger charge is 2.25. The van der Waals surface area contributed by atoms with Gasteiger partial charge in [0.1, 0.15) is 5.69 Å². The Hall–Kier alpha value is -1.71. The summed E-state index contributed by atoms with van der Waals surface area (Å²) in [6.45, 7) is 6.01. The highest BCUT2D eigenvalue weighted by atomic mass is 32.2. The van der Waals surface area contributed by atoms with Crippen LogP contribution in [0.25, 0.3) is 0 Å². The first kappa shape index (κ1) is 20.6. The number of nitro groups is 1. The van der Waals surface area contributed by atoms with Gasteiger partial charge in [-0.1, -0.05) is 13.8 Å². The first-order valence-electron chi connectivity index (χ1n) is 9.00. The highest BCUT2D eigenvalue weighted by molar-refractivity contribution is 7.89. The summed E-state index contributed by atoms with van der Waals surface area (Å²) in [5.41, 5.74) is 0.0767. The molecule has 0 heterocycles. The first-order valence-corrected chi connectivity index (χ1v) is 10.4. The molecule has 1 saturated carbocycles. The van der Waals surface area contributed by atoms with Crippen molar-refractivity contribution in [2.45, 2.75) is 38.0 Å². The van der Waals surface area contributed by atoms with Crippen molar-refractivity contribution in [1.82, 2.24) is 4.31 Å². The van der Waals surface area contributed by atoms with Crippen molar-refractivity contribution in [3.63, 3.8) is 0 Å². The van der Waals surface area contributed by atoms with Crippen LogP contribution in [0.15, 0.2) is 23.1 Å². The molecule has 0 aliphatic heterocycles. The van der Waals surface area contributed by atoms with Gasteiger partial charge in [0.05, 0.1) is 9.82 Å². The first-order chi connectivity index (χ1) is 12.4. The van der Waals surface area contributed by atoms with Crippen LogP contribution in [0.1, 0.15) is 33.1 Å². The molecule has 0 aromatic heterocycles. The molecule has 9 heteroatoms. The van der Waals surface area contributed by atoms with E-state index < -0.39 is 14.9 Å². The fourth-order valence-corrected chi connectivity index (χ4v) is 4.10. The second kappa shape index (κ2) is 9.29. The zero-order valence-corrected chi connectivity index (χ0v) is 16.1. The van der Waals surface area contributed by atoms with Gasteiger partial charge in [-0.15, -0.1) is 0 Å². The number of rotatable bonds is 12. The molecule has 1 aliphatic carbocycles. The van der Waals surface area contributed by atoms with Crippen molar-refractivity contribution < 1.29 is 18.1 Å². The minimum absolute atomic E-state index is 0.0637. The Morgan fingerprint density at radius 2 is 2.00 bits per heavy atom. The molecular weight excluding hydrogens is 358 g/mol. The molecule has 2 rings (SSSR count). The van der Waals surface area contributed by atoms with Gasteiger partial charge in [0.2, 0.25) is 10.0 Å². The van der Waals surface area contributed by atoms with Crippen LogP contribution in [-0.4, -0.2) is 50.5 Å². The van der Waals surface area contributed by atoms with Gasteiger partial charge in [-0.05, 0) is 37.3 Å². The number of anilines is 1. The Morgan fingerprint density at radius 1 is 1.31 bits per heavy atom. The van der Waals surface area contributed by atoms with Crippen LogP contribution in [-0.2, 0) is 14.8 Å². The summed E-state index contributed by atoms with van der Waals surface area (Å²) in [5.74, 6) is 0.712. The summed E-state index contributed by atoms with van der Waals surface area (Å²) in [7, 11) is -3.73.